The molecule has 0 spiro atoms. The number of ether oxygens (including phenoxy) is 2. The van der Waals surface area contributed by atoms with Crippen LogP contribution in [0.4, 0.5) is 0 Å². The van der Waals surface area contributed by atoms with Crippen molar-refractivity contribution in [1.82, 2.24) is 10.3 Å². The summed E-state index contributed by atoms with van der Waals surface area (Å²) in [6.07, 6.45) is 8.22. The second-order valence-corrected chi connectivity index (χ2v) is 6.97. The van der Waals surface area contributed by atoms with Gasteiger partial charge in [0.1, 0.15) is 11.8 Å². The summed E-state index contributed by atoms with van der Waals surface area (Å²) < 4.78 is 11.7. The summed E-state index contributed by atoms with van der Waals surface area (Å²) in [5.41, 5.74) is 2.17. The number of nitrogens with one attached hydrogen (secondary N) is 1. The molecule has 0 saturated carbocycles. The van der Waals surface area contributed by atoms with Crippen molar-refractivity contribution in [3.8, 4) is 11.5 Å². The largest absolute Gasteiger partial charge is 0.490 e. The topological polar surface area (TPSA) is 43.4 Å². The quantitative estimate of drug-likeness (QED) is 0.348. The number of halogens is 1. The highest BCUT2D eigenvalue weighted by atomic mass is 35.5. The van der Waals surface area contributed by atoms with E-state index >= 15 is 0 Å². The number of aromatic nitrogens is 1. The zero-order valence-corrected chi connectivity index (χ0v) is 17.2. The summed E-state index contributed by atoms with van der Waals surface area (Å²) in [7, 11) is 0. The van der Waals surface area contributed by atoms with Gasteiger partial charge in [0.05, 0.1) is 6.61 Å². The van der Waals surface area contributed by atoms with Crippen LogP contribution in [-0.4, -0.2) is 18.1 Å². The van der Waals surface area contributed by atoms with Crippen LogP contribution in [0.1, 0.15) is 57.1 Å². The summed E-state index contributed by atoms with van der Waals surface area (Å²) >= 11 is 5.82. The zero-order valence-electron chi connectivity index (χ0n) is 16.5. The average Bonchev–Trinajstić information content (AvgIpc) is 2.68. The number of pyridine rings is 1. The molecule has 1 aromatic carbocycles. The van der Waals surface area contributed by atoms with E-state index in [1.807, 2.05) is 19.1 Å². The molecular formula is C22H31ClN2O2. The van der Waals surface area contributed by atoms with Gasteiger partial charge in [-0.2, -0.15) is 0 Å². The minimum Gasteiger partial charge on any atom is -0.490 e. The first-order valence-electron chi connectivity index (χ1n) is 9.92. The molecule has 0 aliphatic heterocycles. The second kappa shape index (κ2) is 12.6. The van der Waals surface area contributed by atoms with Crippen LogP contribution < -0.4 is 14.8 Å². The lowest BCUT2D eigenvalue weighted by atomic mass is 10.1. The van der Waals surface area contributed by atoms with Crippen molar-refractivity contribution in [2.45, 2.75) is 59.1 Å². The van der Waals surface area contributed by atoms with Crippen LogP contribution in [-0.2, 0) is 13.2 Å². The molecule has 148 valence electrons. The molecule has 1 N–H and O–H groups in total. The molecule has 0 atom stereocenters. The number of benzene rings is 1. The summed E-state index contributed by atoms with van der Waals surface area (Å²) in [6, 6.07) is 9.80. The summed E-state index contributed by atoms with van der Waals surface area (Å²) in [4.78, 5) is 4.08. The van der Waals surface area contributed by atoms with E-state index in [1.54, 1.807) is 12.3 Å². The number of nitrogens with zero attached hydrogens (tertiary/aromatic N) is 1. The van der Waals surface area contributed by atoms with Crippen molar-refractivity contribution in [1.29, 1.82) is 0 Å². The molecular weight excluding hydrogens is 360 g/mol. The molecule has 0 aliphatic rings. The second-order valence-electron chi connectivity index (χ2n) is 6.58. The molecule has 1 heterocycles. The molecule has 0 radical (unpaired) electrons. The summed E-state index contributed by atoms with van der Waals surface area (Å²) in [5, 5.41) is 4.00. The molecule has 2 aromatic rings. The first-order valence-corrected chi connectivity index (χ1v) is 10.3. The van der Waals surface area contributed by atoms with E-state index in [9.17, 15) is 0 Å². The molecule has 0 saturated heterocycles. The maximum atomic E-state index is 5.92. The number of hydrogen-bond acceptors (Lipinski definition) is 4. The van der Waals surface area contributed by atoms with Crippen LogP contribution in [0, 0.1) is 0 Å². The lowest BCUT2D eigenvalue weighted by Gasteiger charge is -2.14. The molecule has 0 aliphatic carbocycles. The van der Waals surface area contributed by atoms with E-state index in [-0.39, 0.29) is 0 Å². The van der Waals surface area contributed by atoms with Gasteiger partial charge in [-0.15, -0.1) is 0 Å². The highest BCUT2D eigenvalue weighted by Gasteiger charge is 2.07. The van der Waals surface area contributed by atoms with Gasteiger partial charge in [-0.05, 0) is 43.7 Å². The van der Waals surface area contributed by atoms with Crippen molar-refractivity contribution >= 4 is 11.6 Å². The van der Waals surface area contributed by atoms with Crippen LogP contribution in [0.25, 0.3) is 0 Å². The Hall–Kier alpha value is -1.78. The highest BCUT2D eigenvalue weighted by molar-refractivity contribution is 6.29. The van der Waals surface area contributed by atoms with Crippen LogP contribution in [0.5, 0.6) is 11.5 Å². The van der Waals surface area contributed by atoms with Gasteiger partial charge in [-0.1, -0.05) is 56.3 Å². The van der Waals surface area contributed by atoms with Gasteiger partial charge in [-0.3, -0.25) is 0 Å². The van der Waals surface area contributed by atoms with Gasteiger partial charge in [0.2, 0.25) is 0 Å². The molecule has 2 rings (SSSR count). The minimum atomic E-state index is 0.430. The fourth-order valence-electron chi connectivity index (χ4n) is 2.79. The SMILES string of the molecule is CCCCCCCNCc1ccc(OCc2ccc(Cl)nc2)c(OCC)c1. The van der Waals surface area contributed by atoms with Crippen LogP contribution >= 0.6 is 11.6 Å². The average molecular weight is 391 g/mol. The van der Waals surface area contributed by atoms with Gasteiger partial charge in [0, 0.05) is 18.3 Å². The fourth-order valence-corrected chi connectivity index (χ4v) is 2.90. The Labute approximate surface area is 168 Å². The maximum Gasteiger partial charge on any atom is 0.161 e. The van der Waals surface area contributed by atoms with E-state index < -0.39 is 0 Å². The monoisotopic (exact) mass is 390 g/mol. The van der Waals surface area contributed by atoms with E-state index in [1.165, 1.54) is 37.7 Å². The van der Waals surface area contributed by atoms with Gasteiger partial charge in [-0.25, -0.2) is 4.98 Å². The Morgan fingerprint density at radius 1 is 0.926 bits per heavy atom. The number of unbranched alkanes of at least 4 members (excludes halogenated alkanes) is 4. The number of hydrogen-bond donors (Lipinski definition) is 1. The van der Waals surface area contributed by atoms with Gasteiger partial charge >= 0.3 is 0 Å². The fraction of sp³-hybridized carbons (Fsp3) is 0.500. The van der Waals surface area contributed by atoms with Crippen LogP contribution in [0.3, 0.4) is 0 Å². The van der Waals surface area contributed by atoms with E-state index in [2.05, 4.69) is 29.4 Å². The lowest BCUT2D eigenvalue weighted by molar-refractivity contribution is 0.269. The molecule has 0 fully saturated rings. The first-order chi connectivity index (χ1) is 13.2. The van der Waals surface area contributed by atoms with Crippen molar-refractivity contribution in [3.05, 3.63) is 52.8 Å². The Morgan fingerprint density at radius 3 is 2.48 bits per heavy atom. The van der Waals surface area contributed by atoms with E-state index in [4.69, 9.17) is 21.1 Å². The van der Waals surface area contributed by atoms with E-state index in [0.717, 1.165) is 30.2 Å². The Bertz CT molecular complexity index is 662. The van der Waals surface area contributed by atoms with E-state index in [0.29, 0.717) is 18.4 Å². The minimum absolute atomic E-state index is 0.430. The molecule has 5 heteroatoms. The maximum absolute atomic E-state index is 5.92. The smallest absolute Gasteiger partial charge is 0.161 e. The van der Waals surface area contributed by atoms with Crippen molar-refractivity contribution in [2.24, 2.45) is 0 Å². The summed E-state index contributed by atoms with van der Waals surface area (Å²) in [5.74, 6) is 1.52. The molecule has 0 unspecified atom stereocenters. The van der Waals surface area contributed by atoms with Crippen molar-refractivity contribution in [3.63, 3.8) is 0 Å². The highest BCUT2D eigenvalue weighted by Crippen LogP contribution is 2.29. The first kappa shape index (κ1) is 21.5. The van der Waals surface area contributed by atoms with Gasteiger partial charge < -0.3 is 14.8 Å². The number of rotatable bonds is 13. The van der Waals surface area contributed by atoms with Gasteiger partial charge in [0.25, 0.3) is 0 Å². The predicted octanol–water partition coefficient (Wildman–Crippen LogP) is 5.77. The van der Waals surface area contributed by atoms with Crippen molar-refractivity contribution in [2.75, 3.05) is 13.2 Å². The van der Waals surface area contributed by atoms with Gasteiger partial charge in [0.15, 0.2) is 11.5 Å². The van der Waals surface area contributed by atoms with Crippen LogP contribution in [0.15, 0.2) is 36.5 Å². The lowest BCUT2D eigenvalue weighted by Crippen LogP contribution is -2.14. The Balaban J connectivity index is 1.84. The third-order valence-corrected chi connectivity index (χ3v) is 4.50. The standard InChI is InChI=1S/C22H31ClN2O2/c1-3-5-6-7-8-13-24-15-18-9-11-20(21(14-18)26-4-2)27-17-19-10-12-22(23)25-16-19/h9-12,14,16,24H,3-8,13,15,17H2,1-2H3. The molecule has 27 heavy (non-hydrogen) atoms. The third-order valence-electron chi connectivity index (χ3n) is 4.28. The van der Waals surface area contributed by atoms with Crippen LogP contribution in [0.2, 0.25) is 5.15 Å². The molecule has 1 aromatic heterocycles. The molecule has 4 nitrogen and oxygen atoms in total. The predicted molar refractivity (Wildman–Crippen MR) is 112 cm³/mol. The van der Waals surface area contributed by atoms with Crippen molar-refractivity contribution < 1.29 is 9.47 Å². The Kier molecular flexibility index (Phi) is 10.0. The molecule has 0 amide bonds. The molecule has 0 bridgehead atoms. The zero-order chi connectivity index (χ0) is 19.3. The summed E-state index contributed by atoms with van der Waals surface area (Å²) in [6.45, 7) is 7.15. The normalized spacial score (nSPS) is 10.8. The Morgan fingerprint density at radius 2 is 1.74 bits per heavy atom. The third kappa shape index (κ3) is 8.19.